The van der Waals surface area contributed by atoms with Crippen LogP contribution in [0.15, 0.2) is 24.3 Å². The SMILES string of the molecule is NNc1nc(N2CCCCC2CCO)c2ccccc2n1. The number of nitrogens with two attached hydrogens (primary N) is 1. The molecule has 1 aliphatic rings. The van der Waals surface area contributed by atoms with E-state index in [1.54, 1.807) is 0 Å². The van der Waals surface area contributed by atoms with Crippen LogP contribution < -0.4 is 16.2 Å². The lowest BCUT2D eigenvalue weighted by Gasteiger charge is -2.37. The van der Waals surface area contributed by atoms with Crippen LogP contribution in [0.5, 0.6) is 0 Å². The molecule has 2 aromatic rings. The smallest absolute Gasteiger partial charge is 0.239 e. The molecule has 0 aliphatic carbocycles. The highest BCUT2D eigenvalue weighted by atomic mass is 16.3. The van der Waals surface area contributed by atoms with Crippen molar-refractivity contribution >= 4 is 22.7 Å². The molecule has 1 atom stereocenters. The van der Waals surface area contributed by atoms with E-state index in [1.165, 1.54) is 6.42 Å². The molecule has 1 fully saturated rings. The molecular formula is C15H21N5O. The first-order valence-electron chi connectivity index (χ1n) is 7.44. The van der Waals surface area contributed by atoms with Gasteiger partial charge in [0.2, 0.25) is 5.95 Å². The van der Waals surface area contributed by atoms with Crippen LogP contribution in [0.1, 0.15) is 25.7 Å². The number of aromatic nitrogens is 2. The van der Waals surface area contributed by atoms with Crippen molar-refractivity contribution in [2.45, 2.75) is 31.7 Å². The van der Waals surface area contributed by atoms with E-state index in [0.29, 0.717) is 12.0 Å². The summed E-state index contributed by atoms with van der Waals surface area (Å²) in [5.41, 5.74) is 3.43. The van der Waals surface area contributed by atoms with Gasteiger partial charge in [-0.3, -0.25) is 5.43 Å². The summed E-state index contributed by atoms with van der Waals surface area (Å²) in [5, 5.41) is 10.3. The Labute approximate surface area is 124 Å². The van der Waals surface area contributed by atoms with E-state index in [9.17, 15) is 5.11 Å². The third-order valence-electron chi connectivity index (χ3n) is 4.07. The molecule has 0 saturated carbocycles. The number of anilines is 2. The zero-order chi connectivity index (χ0) is 14.7. The largest absolute Gasteiger partial charge is 0.396 e. The Morgan fingerprint density at radius 2 is 2.14 bits per heavy atom. The fourth-order valence-electron chi connectivity index (χ4n) is 3.07. The Morgan fingerprint density at radius 1 is 1.29 bits per heavy atom. The van der Waals surface area contributed by atoms with Crippen molar-refractivity contribution in [2.75, 3.05) is 23.5 Å². The maximum Gasteiger partial charge on any atom is 0.239 e. The quantitative estimate of drug-likeness (QED) is 0.585. The minimum atomic E-state index is 0.201. The number of rotatable bonds is 4. The van der Waals surface area contributed by atoms with Crippen LogP contribution in [0.2, 0.25) is 0 Å². The molecule has 0 radical (unpaired) electrons. The van der Waals surface area contributed by atoms with Crippen molar-refractivity contribution < 1.29 is 5.11 Å². The average Bonchev–Trinajstić information content (AvgIpc) is 2.54. The number of hydrogen-bond donors (Lipinski definition) is 3. The molecule has 0 amide bonds. The Balaban J connectivity index is 2.08. The molecule has 4 N–H and O–H groups in total. The average molecular weight is 287 g/mol. The Hall–Kier alpha value is -1.92. The maximum atomic E-state index is 9.31. The van der Waals surface area contributed by atoms with Gasteiger partial charge in [-0.25, -0.2) is 10.8 Å². The molecule has 1 unspecified atom stereocenters. The van der Waals surface area contributed by atoms with Crippen molar-refractivity contribution in [3.63, 3.8) is 0 Å². The van der Waals surface area contributed by atoms with Crippen LogP contribution in [-0.4, -0.2) is 34.3 Å². The van der Waals surface area contributed by atoms with Crippen molar-refractivity contribution in [3.8, 4) is 0 Å². The lowest BCUT2D eigenvalue weighted by Crippen LogP contribution is -2.41. The van der Waals surface area contributed by atoms with Crippen LogP contribution in [0.4, 0.5) is 11.8 Å². The molecule has 1 saturated heterocycles. The number of aliphatic hydroxyl groups is 1. The number of nitrogen functional groups attached to an aromatic ring is 1. The van der Waals surface area contributed by atoms with Crippen LogP contribution in [-0.2, 0) is 0 Å². The summed E-state index contributed by atoms with van der Waals surface area (Å²) in [6.45, 7) is 1.15. The summed E-state index contributed by atoms with van der Waals surface area (Å²) < 4.78 is 0. The van der Waals surface area contributed by atoms with Crippen molar-refractivity contribution in [2.24, 2.45) is 5.84 Å². The molecule has 1 aromatic heterocycles. The summed E-state index contributed by atoms with van der Waals surface area (Å²) in [6, 6.07) is 8.28. The number of benzene rings is 1. The number of nitrogens with one attached hydrogen (secondary N) is 1. The zero-order valence-corrected chi connectivity index (χ0v) is 12.0. The Bertz CT molecular complexity index is 616. The molecule has 1 aliphatic heterocycles. The number of fused-ring (bicyclic) bond motifs is 1. The van der Waals surface area contributed by atoms with Gasteiger partial charge in [0.05, 0.1) is 5.52 Å². The van der Waals surface area contributed by atoms with Gasteiger partial charge in [-0.2, -0.15) is 4.98 Å². The van der Waals surface area contributed by atoms with E-state index in [-0.39, 0.29) is 6.61 Å². The fourth-order valence-corrected chi connectivity index (χ4v) is 3.07. The van der Waals surface area contributed by atoms with Gasteiger partial charge >= 0.3 is 0 Å². The molecule has 21 heavy (non-hydrogen) atoms. The summed E-state index contributed by atoms with van der Waals surface area (Å²) in [6.07, 6.45) is 4.20. The zero-order valence-electron chi connectivity index (χ0n) is 12.0. The van der Waals surface area contributed by atoms with Crippen LogP contribution in [0.25, 0.3) is 10.9 Å². The molecule has 0 bridgehead atoms. The number of hydrogen-bond acceptors (Lipinski definition) is 6. The van der Waals surface area contributed by atoms with E-state index in [2.05, 4.69) is 20.3 Å². The molecule has 112 valence electrons. The maximum absolute atomic E-state index is 9.31. The van der Waals surface area contributed by atoms with Gasteiger partial charge in [-0.1, -0.05) is 12.1 Å². The minimum absolute atomic E-state index is 0.201. The van der Waals surface area contributed by atoms with Crippen molar-refractivity contribution in [1.29, 1.82) is 0 Å². The first-order chi connectivity index (χ1) is 10.3. The minimum Gasteiger partial charge on any atom is -0.396 e. The lowest BCUT2D eigenvalue weighted by molar-refractivity contribution is 0.262. The van der Waals surface area contributed by atoms with E-state index in [0.717, 1.165) is 42.5 Å². The first kappa shape index (κ1) is 14.0. The number of nitrogens with zero attached hydrogens (tertiary/aromatic N) is 3. The van der Waals surface area contributed by atoms with E-state index >= 15 is 0 Å². The Kier molecular flexibility index (Phi) is 4.17. The summed E-state index contributed by atoms with van der Waals surface area (Å²) in [4.78, 5) is 11.3. The summed E-state index contributed by atoms with van der Waals surface area (Å²) in [5.74, 6) is 6.84. The molecular weight excluding hydrogens is 266 g/mol. The highest BCUT2D eigenvalue weighted by Crippen LogP contribution is 2.31. The second-order valence-electron chi connectivity index (χ2n) is 5.39. The van der Waals surface area contributed by atoms with Crippen molar-refractivity contribution in [1.82, 2.24) is 9.97 Å². The van der Waals surface area contributed by atoms with Gasteiger partial charge in [0, 0.05) is 24.6 Å². The third-order valence-corrected chi connectivity index (χ3v) is 4.07. The Morgan fingerprint density at radius 3 is 2.95 bits per heavy atom. The predicted octanol–water partition coefficient (Wildman–Crippen LogP) is 1.66. The molecule has 2 heterocycles. The normalized spacial score (nSPS) is 19.0. The molecule has 6 nitrogen and oxygen atoms in total. The van der Waals surface area contributed by atoms with Crippen molar-refractivity contribution in [3.05, 3.63) is 24.3 Å². The fraction of sp³-hybridized carbons (Fsp3) is 0.467. The first-order valence-corrected chi connectivity index (χ1v) is 7.44. The monoisotopic (exact) mass is 287 g/mol. The van der Waals surface area contributed by atoms with E-state index in [4.69, 9.17) is 5.84 Å². The summed E-state index contributed by atoms with van der Waals surface area (Å²) >= 11 is 0. The topological polar surface area (TPSA) is 87.3 Å². The third kappa shape index (κ3) is 2.77. The van der Waals surface area contributed by atoms with Gasteiger partial charge in [0.25, 0.3) is 0 Å². The predicted molar refractivity (Wildman–Crippen MR) is 84.0 cm³/mol. The van der Waals surface area contributed by atoms with Gasteiger partial charge in [0.1, 0.15) is 5.82 Å². The van der Waals surface area contributed by atoms with E-state index < -0.39 is 0 Å². The number of para-hydroxylation sites is 1. The highest BCUT2D eigenvalue weighted by Gasteiger charge is 2.25. The number of hydrazine groups is 1. The highest BCUT2D eigenvalue weighted by molar-refractivity contribution is 5.90. The van der Waals surface area contributed by atoms with Crippen LogP contribution in [0.3, 0.4) is 0 Å². The van der Waals surface area contributed by atoms with Gasteiger partial charge < -0.3 is 10.0 Å². The molecule has 3 rings (SSSR count). The van der Waals surface area contributed by atoms with Crippen LogP contribution in [0, 0.1) is 0 Å². The van der Waals surface area contributed by atoms with E-state index in [1.807, 2.05) is 24.3 Å². The standard InChI is InChI=1S/C15H21N5O/c16-19-15-17-13-7-2-1-6-12(13)14(18-15)20-9-4-3-5-11(20)8-10-21/h1-2,6-7,11,21H,3-5,8-10,16H2,(H,17,18,19). The van der Waals surface area contributed by atoms with Crippen LogP contribution >= 0.6 is 0 Å². The van der Waals surface area contributed by atoms with Gasteiger partial charge in [-0.05, 0) is 37.8 Å². The second kappa shape index (κ2) is 6.24. The molecule has 1 aromatic carbocycles. The summed E-state index contributed by atoms with van der Waals surface area (Å²) in [7, 11) is 0. The second-order valence-corrected chi connectivity index (χ2v) is 5.39. The molecule has 6 heteroatoms. The number of piperidine rings is 1. The lowest BCUT2D eigenvalue weighted by atomic mass is 9.99. The van der Waals surface area contributed by atoms with Gasteiger partial charge in [-0.15, -0.1) is 0 Å². The number of aliphatic hydroxyl groups excluding tert-OH is 1. The van der Waals surface area contributed by atoms with Gasteiger partial charge in [0.15, 0.2) is 0 Å². The molecule has 0 spiro atoms.